The summed E-state index contributed by atoms with van der Waals surface area (Å²) in [6.45, 7) is 6.05. The summed E-state index contributed by atoms with van der Waals surface area (Å²) in [5.41, 5.74) is 7.13. The van der Waals surface area contributed by atoms with Gasteiger partial charge in [0.05, 0.1) is 17.5 Å². The molecule has 3 nitrogen and oxygen atoms in total. The Hall–Kier alpha value is -1.45. The number of nitrogen functional groups attached to an aromatic ring is 1. The number of ether oxygens (including phenoxy) is 1. The predicted molar refractivity (Wildman–Crippen MR) is 81.6 cm³/mol. The molecule has 20 heavy (non-hydrogen) atoms. The fourth-order valence-corrected chi connectivity index (χ4v) is 2.66. The van der Waals surface area contributed by atoms with Crippen molar-refractivity contribution in [3.63, 3.8) is 0 Å². The molecule has 0 unspecified atom stereocenters. The fraction of sp³-hybridized carbons (Fsp3) is 0.625. The molecule has 0 radical (unpaired) electrons. The number of anilines is 2. The van der Waals surface area contributed by atoms with E-state index in [0.717, 1.165) is 24.4 Å². The summed E-state index contributed by atoms with van der Waals surface area (Å²) in [5, 5.41) is 3.44. The molecule has 0 aliphatic heterocycles. The number of benzene rings is 1. The van der Waals surface area contributed by atoms with Gasteiger partial charge < -0.3 is 15.8 Å². The second kappa shape index (κ2) is 6.33. The second-order valence-electron chi connectivity index (χ2n) is 6.14. The van der Waals surface area contributed by atoms with Gasteiger partial charge in [0.1, 0.15) is 0 Å². The van der Waals surface area contributed by atoms with Crippen LogP contribution in [-0.4, -0.2) is 12.1 Å². The summed E-state index contributed by atoms with van der Waals surface area (Å²) in [7, 11) is 0. The average molecular weight is 280 g/mol. The van der Waals surface area contributed by atoms with Gasteiger partial charge >= 0.3 is 0 Å². The van der Waals surface area contributed by atoms with Crippen molar-refractivity contribution < 1.29 is 9.13 Å². The summed E-state index contributed by atoms with van der Waals surface area (Å²) in [6.07, 6.45) is 4.68. The third-order valence-electron chi connectivity index (χ3n) is 3.84. The minimum atomic E-state index is -0.404. The molecule has 1 fully saturated rings. The molecule has 1 aliphatic rings. The molecule has 112 valence electrons. The Balaban J connectivity index is 2.10. The van der Waals surface area contributed by atoms with E-state index >= 15 is 0 Å². The third-order valence-corrected chi connectivity index (χ3v) is 3.84. The second-order valence-corrected chi connectivity index (χ2v) is 6.14. The maximum Gasteiger partial charge on any atom is 0.167 e. The molecule has 0 atom stereocenters. The largest absolute Gasteiger partial charge is 0.488 e. The van der Waals surface area contributed by atoms with E-state index in [9.17, 15) is 4.39 Å². The quantitative estimate of drug-likeness (QED) is 0.813. The van der Waals surface area contributed by atoms with E-state index in [2.05, 4.69) is 12.2 Å². The van der Waals surface area contributed by atoms with Crippen molar-refractivity contribution in [3.8, 4) is 5.75 Å². The number of halogens is 1. The maximum atomic E-state index is 13.8. The minimum Gasteiger partial charge on any atom is -0.488 e. The van der Waals surface area contributed by atoms with Crippen molar-refractivity contribution in [2.75, 3.05) is 11.1 Å². The monoisotopic (exact) mass is 280 g/mol. The summed E-state index contributed by atoms with van der Waals surface area (Å²) in [6, 6.07) is 3.44. The highest BCUT2D eigenvalue weighted by atomic mass is 19.1. The van der Waals surface area contributed by atoms with Gasteiger partial charge in [-0.25, -0.2) is 4.39 Å². The molecule has 2 rings (SSSR count). The zero-order valence-corrected chi connectivity index (χ0v) is 12.6. The minimum absolute atomic E-state index is 0.0588. The third kappa shape index (κ3) is 3.78. The molecular weight excluding hydrogens is 255 g/mol. The molecule has 1 saturated carbocycles. The van der Waals surface area contributed by atoms with Crippen molar-refractivity contribution in [2.24, 2.45) is 5.92 Å². The first-order chi connectivity index (χ1) is 9.45. The van der Waals surface area contributed by atoms with Crippen LogP contribution >= 0.6 is 0 Å². The molecule has 4 heteroatoms. The van der Waals surface area contributed by atoms with E-state index < -0.39 is 5.82 Å². The summed E-state index contributed by atoms with van der Waals surface area (Å²) >= 11 is 0. The number of nitrogens with two attached hydrogens (primary N) is 1. The zero-order valence-electron chi connectivity index (χ0n) is 12.6. The molecule has 1 aromatic rings. The van der Waals surface area contributed by atoms with Crippen LogP contribution in [0, 0.1) is 11.7 Å². The van der Waals surface area contributed by atoms with Crippen molar-refractivity contribution >= 4 is 11.4 Å². The normalized spacial score (nSPS) is 22.9. The van der Waals surface area contributed by atoms with E-state index in [0.29, 0.717) is 11.7 Å². The van der Waals surface area contributed by atoms with Crippen LogP contribution in [0.1, 0.15) is 46.5 Å². The first-order valence-corrected chi connectivity index (χ1v) is 7.48. The lowest BCUT2D eigenvalue weighted by atomic mass is 9.87. The van der Waals surface area contributed by atoms with Crippen LogP contribution in [0.2, 0.25) is 0 Å². The van der Waals surface area contributed by atoms with Crippen LogP contribution in [0.15, 0.2) is 12.1 Å². The van der Waals surface area contributed by atoms with Crippen LogP contribution in [0.25, 0.3) is 0 Å². The number of nitrogens with one attached hydrogen (secondary N) is 1. The molecule has 3 N–H and O–H groups in total. The molecule has 1 aliphatic carbocycles. The van der Waals surface area contributed by atoms with Gasteiger partial charge in [-0.15, -0.1) is 0 Å². The Kier molecular flexibility index (Phi) is 4.73. The lowest BCUT2D eigenvalue weighted by Gasteiger charge is -2.28. The number of hydrogen-bond acceptors (Lipinski definition) is 3. The van der Waals surface area contributed by atoms with Gasteiger partial charge in [0.2, 0.25) is 0 Å². The molecule has 0 spiro atoms. The molecular formula is C16H25FN2O. The molecule has 1 aromatic carbocycles. The van der Waals surface area contributed by atoms with Gasteiger partial charge in [-0.2, -0.15) is 0 Å². The standard InChI is InChI=1S/C16H25FN2O/c1-10(2)20-16-9-15(14(18)8-13(16)17)19-12-6-4-11(3)5-7-12/h8-12,19H,4-7,18H2,1-3H3. The topological polar surface area (TPSA) is 47.3 Å². The zero-order chi connectivity index (χ0) is 14.7. The molecule has 0 saturated heterocycles. The lowest BCUT2D eigenvalue weighted by molar-refractivity contribution is 0.231. The summed E-state index contributed by atoms with van der Waals surface area (Å²) in [4.78, 5) is 0. The molecule has 0 aromatic heterocycles. The van der Waals surface area contributed by atoms with Gasteiger partial charge in [-0.3, -0.25) is 0 Å². The van der Waals surface area contributed by atoms with E-state index in [1.165, 1.54) is 18.9 Å². The fourth-order valence-electron chi connectivity index (χ4n) is 2.66. The molecule has 0 heterocycles. The number of hydrogen-bond donors (Lipinski definition) is 2. The highest BCUT2D eigenvalue weighted by Gasteiger charge is 2.19. The Morgan fingerprint density at radius 2 is 1.90 bits per heavy atom. The van der Waals surface area contributed by atoms with E-state index in [1.54, 1.807) is 6.07 Å². The van der Waals surface area contributed by atoms with Gasteiger partial charge in [0, 0.05) is 18.2 Å². The van der Waals surface area contributed by atoms with Crippen LogP contribution in [0.5, 0.6) is 5.75 Å². The molecule has 0 bridgehead atoms. The van der Waals surface area contributed by atoms with Crippen LogP contribution in [-0.2, 0) is 0 Å². The Bertz CT molecular complexity index is 454. The van der Waals surface area contributed by atoms with Crippen molar-refractivity contribution in [2.45, 2.75) is 58.6 Å². The van der Waals surface area contributed by atoms with Crippen molar-refractivity contribution in [3.05, 3.63) is 17.9 Å². The van der Waals surface area contributed by atoms with E-state index in [-0.39, 0.29) is 11.9 Å². The van der Waals surface area contributed by atoms with E-state index in [1.807, 2.05) is 13.8 Å². The highest BCUT2D eigenvalue weighted by Crippen LogP contribution is 2.32. The first-order valence-electron chi connectivity index (χ1n) is 7.48. The van der Waals surface area contributed by atoms with Gasteiger partial charge in [0.15, 0.2) is 11.6 Å². The van der Waals surface area contributed by atoms with E-state index in [4.69, 9.17) is 10.5 Å². The maximum absolute atomic E-state index is 13.8. The summed E-state index contributed by atoms with van der Waals surface area (Å²) in [5.74, 6) is 0.665. The Morgan fingerprint density at radius 3 is 2.50 bits per heavy atom. The lowest BCUT2D eigenvalue weighted by Crippen LogP contribution is -2.25. The van der Waals surface area contributed by atoms with Crippen molar-refractivity contribution in [1.82, 2.24) is 0 Å². The average Bonchev–Trinajstić information content (AvgIpc) is 2.37. The van der Waals surface area contributed by atoms with Gasteiger partial charge in [-0.1, -0.05) is 6.92 Å². The van der Waals surface area contributed by atoms with Gasteiger partial charge in [-0.05, 0) is 45.4 Å². The smallest absolute Gasteiger partial charge is 0.167 e. The summed E-state index contributed by atoms with van der Waals surface area (Å²) < 4.78 is 19.3. The molecule has 0 amide bonds. The Labute approximate surface area is 120 Å². The number of rotatable bonds is 4. The van der Waals surface area contributed by atoms with Crippen LogP contribution in [0.3, 0.4) is 0 Å². The first kappa shape index (κ1) is 14.9. The van der Waals surface area contributed by atoms with Gasteiger partial charge in [0.25, 0.3) is 0 Å². The SMILES string of the molecule is CC1CCC(Nc2cc(OC(C)C)c(F)cc2N)CC1. The Morgan fingerprint density at radius 1 is 1.25 bits per heavy atom. The van der Waals surface area contributed by atoms with Crippen LogP contribution < -0.4 is 15.8 Å². The highest BCUT2D eigenvalue weighted by molar-refractivity contribution is 5.69. The van der Waals surface area contributed by atoms with Crippen LogP contribution in [0.4, 0.5) is 15.8 Å². The van der Waals surface area contributed by atoms with Crippen molar-refractivity contribution in [1.29, 1.82) is 0 Å². The predicted octanol–water partition coefficient (Wildman–Crippen LogP) is 4.19.